The molecule has 3 heteroatoms. The van der Waals surface area contributed by atoms with E-state index in [-0.39, 0.29) is 5.54 Å². The zero-order valence-corrected chi connectivity index (χ0v) is 12.3. The van der Waals surface area contributed by atoms with Crippen molar-refractivity contribution in [3.05, 3.63) is 30.1 Å². The Balaban J connectivity index is 2.10. The monoisotopic (exact) mass is 261 g/mol. The summed E-state index contributed by atoms with van der Waals surface area (Å²) in [6.07, 6.45) is 8.85. The first kappa shape index (κ1) is 14.5. The average molecular weight is 261 g/mol. The number of hydrogen-bond donors (Lipinski definition) is 1. The van der Waals surface area contributed by atoms with Crippen LogP contribution >= 0.6 is 0 Å². The summed E-state index contributed by atoms with van der Waals surface area (Å²) in [5, 5.41) is 0. The van der Waals surface area contributed by atoms with Gasteiger partial charge in [0.25, 0.3) is 0 Å². The van der Waals surface area contributed by atoms with Gasteiger partial charge in [-0.2, -0.15) is 0 Å². The van der Waals surface area contributed by atoms with Crippen molar-refractivity contribution in [2.75, 3.05) is 13.1 Å². The highest BCUT2D eigenvalue weighted by atomic mass is 15.2. The van der Waals surface area contributed by atoms with Crippen molar-refractivity contribution >= 4 is 0 Å². The fraction of sp³-hybridized carbons (Fsp3) is 0.688. The van der Waals surface area contributed by atoms with Crippen molar-refractivity contribution in [1.29, 1.82) is 0 Å². The van der Waals surface area contributed by atoms with Crippen molar-refractivity contribution in [3.63, 3.8) is 0 Å². The lowest BCUT2D eigenvalue weighted by molar-refractivity contribution is 0.0423. The highest BCUT2D eigenvalue weighted by molar-refractivity contribution is 5.11. The summed E-state index contributed by atoms with van der Waals surface area (Å²) >= 11 is 0. The molecule has 106 valence electrons. The summed E-state index contributed by atoms with van der Waals surface area (Å²) in [4.78, 5) is 6.67. The Bertz CT molecular complexity index is 369. The van der Waals surface area contributed by atoms with Crippen LogP contribution < -0.4 is 5.73 Å². The molecule has 0 aliphatic heterocycles. The Morgan fingerprint density at radius 2 is 1.95 bits per heavy atom. The van der Waals surface area contributed by atoms with E-state index in [1.165, 1.54) is 31.2 Å². The standard InChI is InChI=1S/C16H27N3/c1-3-19(12-15-6-10-18-11-7-15)16(13-17)8-4-14(2)5-9-16/h6-7,10-11,14H,3-5,8-9,12-13,17H2,1-2H3. The largest absolute Gasteiger partial charge is 0.329 e. The lowest BCUT2D eigenvalue weighted by Gasteiger charge is -2.47. The normalized spacial score (nSPS) is 27.7. The number of rotatable bonds is 5. The smallest absolute Gasteiger partial charge is 0.0335 e. The fourth-order valence-electron chi connectivity index (χ4n) is 3.27. The van der Waals surface area contributed by atoms with Crippen molar-refractivity contribution in [3.8, 4) is 0 Å². The maximum atomic E-state index is 6.16. The van der Waals surface area contributed by atoms with Crippen LogP contribution in [-0.4, -0.2) is 28.5 Å². The molecule has 0 atom stereocenters. The van der Waals surface area contributed by atoms with E-state index in [1.54, 1.807) is 0 Å². The molecule has 2 rings (SSSR count). The molecular weight excluding hydrogens is 234 g/mol. The van der Waals surface area contributed by atoms with Gasteiger partial charge in [0.15, 0.2) is 0 Å². The molecule has 0 amide bonds. The van der Waals surface area contributed by atoms with Crippen LogP contribution in [0.25, 0.3) is 0 Å². The van der Waals surface area contributed by atoms with Gasteiger partial charge in [-0.3, -0.25) is 9.88 Å². The molecule has 0 spiro atoms. The number of nitrogens with two attached hydrogens (primary N) is 1. The van der Waals surface area contributed by atoms with Gasteiger partial charge in [0, 0.05) is 31.0 Å². The van der Waals surface area contributed by atoms with Gasteiger partial charge in [-0.1, -0.05) is 13.8 Å². The first-order valence-corrected chi connectivity index (χ1v) is 7.54. The van der Waals surface area contributed by atoms with Gasteiger partial charge in [0.2, 0.25) is 0 Å². The fourth-order valence-corrected chi connectivity index (χ4v) is 3.27. The number of nitrogens with zero attached hydrogens (tertiary/aromatic N) is 2. The van der Waals surface area contributed by atoms with E-state index in [1.807, 2.05) is 12.4 Å². The van der Waals surface area contributed by atoms with Gasteiger partial charge in [-0.25, -0.2) is 0 Å². The minimum Gasteiger partial charge on any atom is -0.329 e. The summed E-state index contributed by atoms with van der Waals surface area (Å²) in [6, 6.07) is 4.22. The highest BCUT2D eigenvalue weighted by Crippen LogP contribution is 2.36. The van der Waals surface area contributed by atoms with Gasteiger partial charge in [0.1, 0.15) is 0 Å². The van der Waals surface area contributed by atoms with Crippen molar-refractivity contribution < 1.29 is 0 Å². The Labute approximate surface area is 117 Å². The lowest BCUT2D eigenvalue weighted by Crippen LogP contribution is -2.55. The zero-order chi connectivity index (χ0) is 13.7. The molecule has 0 unspecified atom stereocenters. The summed E-state index contributed by atoms with van der Waals surface area (Å²) in [5.41, 5.74) is 7.71. The third-order valence-electron chi connectivity index (χ3n) is 4.76. The molecule has 1 aromatic heterocycles. The molecule has 1 aliphatic rings. The first-order chi connectivity index (χ1) is 9.20. The van der Waals surface area contributed by atoms with Crippen molar-refractivity contribution in [2.24, 2.45) is 11.7 Å². The molecule has 19 heavy (non-hydrogen) atoms. The van der Waals surface area contributed by atoms with Gasteiger partial charge >= 0.3 is 0 Å². The summed E-state index contributed by atoms with van der Waals surface area (Å²) in [6.45, 7) is 7.44. The minimum atomic E-state index is 0.213. The number of aromatic nitrogens is 1. The van der Waals surface area contributed by atoms with E-state index < -0.39 is 0 Å². The van der Waals surface area contributed by atoms with Crippen LogP contribution in [0.5, 0.6) is 0 Å². The Kier molecular flexibility index (Phi) is 4.94. The first-order valence-electron chi connectivity index (χ1n) is 7.54. The van der Waals surface area contributed by atoms with Gasteiger partial charge in [0.05, 0.1) is 0 Å². The highest BCUT2D eigenvalue weighted by Gasteiger charge is 2.37. The number of hydrogen-bond acceptors (Lipinski definition) is 3. The van der Waals surface area contributed by atoms with E-state index in [4.69, 9.17) is 5.73 Å². The quantitative estimate of drug-likeness (QED) is 0.886. The molecular formula is C16H27N3. The molecule has 3 nitrogen and oxygen atoms in total. The van der Waals surface area contributed by atoms with Crippen LogP contribution in [0.4, 0.5) is 0 Å². The van der Waals surface area contributed by atoms with E-state index >= 15 is 0 Å². The molecule has 1 fully saturated rings. The van der Waals surface area contributed by atoms with Crippen LogP contribution in [0.2, 0.25) is 0 Å². The molecule has 0 bridgehead atoms. The topological polar surface area (TPSA) is 42.2 Å². The Hall–Kier alpha value is -0.930. The van der Waals surface area contributed by atoms with E-state index in [0.717, 1.165) is 25.6 Å². The summed E-state index contributed by atoms with van der Waals surface area (Å²) < 4.78 is 0. The lowest BCUT2D eigenvalue weighted by atomic mass is 9.76. The van der Waals surface area contributed by atoms with E-state index in [0.29, 0.717) is 0 Å². The zero-order valence-electron chi connectivity index (χ0n) is 12.3. The molecule has 1 heterocycles. The number of pyridine rings is 1. The SMILES string of the molecule is CCN(Cc1ccncc1)C1(CN)CCC(C)CC1. The second kappa shape index (κ2) is 6.49. The molecule has 1 aromatic rings. The molecule has 1 saturated carbocycles. The maximum absolute atomic E-state index is 6.16. The summed E-state index contributed by atoms with van der Waals surface area (Å²) in [5.74, 6) is 0.860. The van der Waals surface area contributed by atoms with Crippen LogP contribution in [0, 0.1) is 5.92 Å². The van der Waals surface area contributed by atoms with E-state index in [2.05, 4.69) is 35.9 Å². The van der Waals surface area contributed by atoms with Gasteiger partial charge in [-0.05, 0) is 55.8 Å². The Morgan fingerprint density at radius 1 is 1.32 bits per heavy atom. The molecule has 2 N–H and O–H groups in total. The second-order valence-corrected chi connectivity index (χ2v) is 5.98. The third-order valence-corrected chi connectivity index (χ3v) is 4.76. The third kappa shape index (κ3) is 3.34. The minimum absolute atomic E-state index is 0.213. The predicted molar refractivity (Wildman–Crippen MR) is 79.7 cm³/mol. The van der Waals surface area contributed by atoms with Crippen molar-refractivity contribution in [2.45, 2.75) is 51.6 Å². The van der Waals surface area contributed by atoms with Gasteiger partial charge < -0.3 is 5.73 Å². The van der Waals surface area contributed by atoms with Crippen LogP contribution in [0.1, 0.15) is 45.1 Å². The molecule has 0 saturated heterocycles. The Morgan fingerprint density at radius 3 is 2.47 bits per heavy atom. The van der Waals surface area contributed by atoms with E-state index in [9.17, 15) is 0 Å². The second-order valence-electron chi connectivity index (χ2n) is 5.98. The van der Waals surface area contributed by atoms with Crippen LogP contribution in [-0.2, 0) is 6.54 Å². The average Bonchev–Trinajstić information content (AvgIpc) is 2.47. The van der Waals surface area contributed by atoms with Crippen molar-refractivity contribution in [1.82, 2.24) is 9.88 Å². The molecule has 0 aromatic carbocycles. The van der Waals surface area contributed by atoms with Gasteiger partial charge in [-0.15, -0.1) is 0 Å². The predicted octanol–water partition coefficient (Wildman–Crippen LogP) is 2.81. The molecule has 1 aliphatic carbocycles. The van der Waals surface area contributed by atoms with Crippen LogP contribution in [0.3, 0.4) is 0 Å². The maximum Gasteiger partial charge on any atom is 0.0335 e. The summed E-state index contributed by atoms with van der Waals surface area (Å²) in [7, 11) is 0. The van der Waals surface area contributed by atoms with Crippen LogP contribution in [0.15, 0.2) is 24.5 Å². The number of likely N-dealkylation sites (N-methyl/N-ethyl adjacent to an activating group) is 1. The molecule has 0 radical (unpaired) electrons.